The zero-order valence-corrected chi connectivity index (χ0v) is 11.4. The van der Waals surface area contributed by atoms with Gasteiger partial charge in [0.25, 0.3) is 0 Å². The van der Waals surface area contributed by atoms with Crippen LogP contribution in [0.3, 0.4) is 0 Å². The molecule has 1 aromatic heterocycles. The van der Waals surface area contributed by atoms with E-state index in [-0.39, 0.29) is 16.5 Å². The molecule has 1 aromatic carbocycles. The Balaban J connectivity index is 2.13. The summed E-state index contributed by atoms with van der Waals surface area (Å²) in [5.74, 6) is -0.967. The van der Waals surface area contributed by atoms with Gasteiger partial charge in [0.1, 0.15) is 11.0 Å². The van der Waals surface area contributed by atoms with Crippen molar-refractivity contribution >= 4 is 11.6 Å². The van der Waals surface area contributed by atoms with E-state index in [4.69, 9.17) is 11.6 Å². The summed E-state index contributed by atoms with van der Waals surface area (Å²) >= 11 is 6.03. The highest BCUT2D eigenvalue weighted by Gasteiger charge is 2.32. The average molecular weight is 317 g/mol. The smallest absolute Gasteiger partial charge is 0.233 e. The Labute approximate surface area is 122 Å². The maximum atomic E-state index is 13.4. The predicted octanol–water partition coefficient (Wildman–Crippen LogP) is 4.44. The molecule has 1 aliphatic carbocycles. The summed E-state index contributed by atoms with van der Waals surface area (Å²) in [7, 11) is 0. The van der Waals surface area contributed by atoms with Crippen molar-refractivity contribution in [1.29, 1.82) is 0 Å². The van der Waals surface area contributed by atoms with Gasteiger partial charge >= 0.3 is 6.18 Å². The number of aromatic nitrogens is 2. The minimum absolute atomic E-state index is 0.0191. The van der Waals surface area contributed by atoms with Crippen molar-refractivity contribution < 1.29 is 17.6 Å². The summed E-state index contributed by atoms with van der Waals surface area (Å²) in [6, 6.07) is 2.25. The van der Waals surface area contributed by atoms with Crippen molar-refractivity contribution in [3.63, 3.8) is 0 Å². The zero-order chi connectivity index (χ0) is 15.2. The van der Waals surface area contributed by atoms with Crippen LogP contribution >= 0.6 is 11.6 Å². The van der Waals surface area contributed by atoms with E-state index >= 15 is 0 Å². The van der Waals surface area contributed by atoms with E-state index in [1.165, 1.54) is 0 Å². The van der Waals surface area contributed by atoms with Gasteiger partial charge in [-0.05, 0) is 37.5 Å². The second kappa shape index (κ2) is 4.94. The molecule has 0 unspecified atom stereocenters. The van der Waals surface area contributed by atoms with Crippen molar-refractivity contribution in [2.24, 2.45) is 0 Å². The lowest BCUT2D eigenvalue weighted by Crippen LogP contribution is -2.06. The lowest BCUT2D eigenvalue weighted by molar-refractivity contribution is -0.137. The van der Waals surface area contributed by atoms with Gasteiger partial charge in [-0.2, -0.15) is 13.2 Å². The molecular weight excluding hydrogens is 308 g/mol. The van der Waals surface area contributed by atoms with Gasteiger partial charge in [0, 0.05) is 16.8 Å². The first kappa shape index (κ1) is 14.3. The van der Waals surface area contributed by atoms with Crippen LogP contribution in [0, 0.1) is 5.82 Å². The van der Waals surface area contributed by atoms with Crippen LogP contribution in [0.25, 0.3) is 11.4 Å². The summed E-state index contributed by atoms with van der Waals surface area (Å²) in [6.07, 6.45) is -2.29. The van der Waals surface area contributed by atoms with Crippen LogP contribution < -0.4 is 0 Å². The third-order valence-electron chi connectivity index (χ3n) is 3.37. The summed E-state index contributed by atoms with van der Waals surface area (Å²) in [5, 5.41) is 0.227. The van der Waals surface area contributed by atoms with Crippen LogP contribution in [0.5, 0.6) is 0 Å². The summed E-state index contributed by atoms with van der Waals surface area (Å²) < 4.78 is 51.6. The maximum absolute atomic E-state index is 13.4. The molecule has 2 nitrogen and oxygen atoms in total. The van der Waals surface area contributed by atoms with E-state index in [0.717, 1.165) is 36.2 Å². The highest BCUT2D eigenvalue weighted by atomic mass is 35.5. The number of fused-ring (bicyclic) bond motifs is 1. The predicted molar refractivity (Wildman–Crippen MR) is 69.5 cm³/mol. The number of halogens is 5. The van der Waals surface area contributed by atoms with Crippen molar-refractivity contribution in [3.8, 4) is 11.4 Å². The van der Waals surface area contributed by atoms with Crippen LogP contribution in [0.2, 0.25) is 5.15 Å². The Kier molecular flexibility index (Phi) is 3.36. The fraction of sp³-hybridized carbons (Fsp3) is 0.286. The lowest BCUT2D eigenvalue weighted by atomic mass is 10.1. The first-order chi connectivity index (χ1) is 9.84. The number of aryl methyl sites for hydroxylation is 1. The van der Waals surface area contributed by atoms with E-state index in [0.29, 0.717) is 12.5 Å². The molecule has 110 valence electrons. The second-order valence-electron chi connectivity index (χ2n) is 4.84. The van der Waals surface area contributed by atoms with Crippen molar-refractivity contribution in [3.05, 3.63) is 46.0 Å². The molecule has 2 aromatic rings. The Bertz CT molecular complexity index is 713. The molecule has 1 aliphatic rings. The minimum atomic E-state index is -4.63. The molecule has 0 saturated carbocycles. The number of hydrogen-bond acceptors (Lipinski definition) is 2. The standard InChI is InChI=1S/C14H9ClF4N2/c15-12-10-2-1-3-11(10)20-13(21-12)7-4-8(14(17,18)19)6-9(16)5-7/h4-6H,1-3H2. The van der Waals surface area contributed by atoms with Crippen molar-refractivity contribution in [1.82, 2.24) is 9.97 Å². The third-order valence-corrected chi connectivity index (χ3v) is 3.68. The summed E-state index contributed by atoms with van der Waals surface area (Å²) in [5.41, 5.74) is 0.451. The molecule has 0 saturated heterocycles. The molecule has 0 fully saturated rings. The molecule has 0 bridgehead atoms. The van der Waals surface area contributed by atoms with Gasteiger partial charge < -0.3 is 0 Å². The lowest BCUT2D eigenvalue weighted by Gasteiger charge is -2.10. The fourth-order valence-electron chi connectivity index (χ4n) is 2.40. The molecule has 0 amide bonds. The molecule has 0 radical (unpaired) electrons. The minimum Gasteiger partial charge on any atom is -0.233 e. The van der Waals surface area contributed by atoms with Crippen molar-refractivity contribution in [2.45, 2.75) is 25.4 Å². The van der Waals surface area contributed by atoms with Crippen LogP contribution in [-0.4, -0.2) is 9.97 Å². The van der Waals surface area contributed by atoms with E-state index in [9.17, 15) is 17.6 Å². The monoisotopic (exact) mass is 316 g/mol. The molecule has 21 heavy (non-hydrogen) atoms. The van der Waals surface area contributed by atoms with Crippen LogP contribution in [-0.2, 0) is 19.0 Å². The SMILES string of the molecule is Fc1cc(-c2nc(Cl)c3c(n2)CCC3)cc(C(F)(F)F)c1. The van der Waals surface area contributed by atoms with Gasteiger partial charge in [0.05, 0.1) is 5.56 Å². The fourth-order valence-corrected chi connectivity index (χ4v) is 2.68. The van der Waals surface area contributed by atoms with E-state index < -0.39 is 17.6 Å². The Morgan fingerprint density at radius 3 is 2.52 bits per heavy atom. The van der Waals surface area contributed by atoms with E-state index in [1.54, 1.807) is 0 Å². The number of alkyl halides is 3. The van der Waals surface area contributed by atoms with Crippen LogP contribution in [0.1, 0.15) is 23.2 Å². The molecular formula is C14H9ClF4N2. The summed E-state index contributed by atoms with van der Waals surface area (Å²) in [4.78, 5) is 8.22. The highest BCUT2D eigenvalue weighted by Crippen LogP contribution is 2.34. The van der Waals surface area contributed by atoms with Gasteiger partial charge in [-0.15, -0.1) is 0 Å². The molecule has 0 atom stereocenters. The second-order valence-corrected chi connectivity index (χ2v) is 5.20. The van der Waals surface area contributed by atoms with Gasteiger partial charge in [-0.1, -0.05) is 11.6 Å². The normalized spacial score (nSPS) is 14.3. The van der Waals surface area contributed by atoms with E-state index in [2.05, 4.69) is 9.97 Å². The first-order valence-corrected chi connectivity index (χ1v) is 6.66. The van der Waals surface area contributed by atoms with Gasteiger partial charge in [-0.25, -0.2) is 14.4 Å². The van der Waals surface area contributed by atoms with Gasteiger partial charge in [0.2, 0.25) is 0 Å². The Morgan fingerprint density at radius 2 is 1.81 bits per heavy atom. The van der Waals surface area contributed by atoms with E-state index in [1.807, 2.05) is 0 Å². The van der Waals surface area contributed by atoms with Crippen molar-refractivity contribution in [2.75, 3.05) is 0 Å². The number of nitrogens with zero attached hydrogens (tertiary/aromatic N) is 2. The largest absolute Gasteiger partial charge is 0.416 e. The number of rotatable bonds is 1. The zero-order valence-electron chi connectivity index (χ0n) is 10.6. The molecule has 1 heterocycles. The van der Waals surface area contributed by atoms with Crippen LogP contribution in [0.15, 0.2) is 18.2 Å². The topological polar surface area (TPSA) is 25.8 Å². The Morgan fingerprint density at radius 1 is 1.05 bits per heavy atom. The molecule has 0 N–H and O–H groups in total. The first-order valence-electron chi connectivity index (χ1n) is 6.28. The molecule has 0 aliphatic heterocycles. The number of benzene rings is 1. The molecule has 7 heteroatoms. The number of hydrogen-bond donors (Lipinski definition) is 0. The summed E-state index contributed by atoms with van der Waals surface area (Å²) in [6.45, 7) is 0. The van der Waals surface area contributed by atoms with Gasteiger partial charge in [0.15, 0.2) is 5.82 Å². The maximum Gasteiger partial charge on any atom is 0.416 e. The molecule has 0 spiro atoms. The van der Waals surface area contributed by atoms with Crippen LogP contribution in [0.4, 0.5) is 17.6 Å². The molecule has 3 rings (SSSR count). The quantitative estimate of drug-likeness (QED) is 0.574. The highest BCUT2D eigenvalue weighted by molar-refractivity contribution is 6.30. The third kappa shape index (κ3) is 2.72. The van der Waals surface area contributed by atoms with Gasteiger partial charge in [-0.3, -0.25) is 0 Å². The average Bonchev–Trinajstić information content (AvgIpc) is 2.85. The Hall–Kier alpha value is -1.69.